The van der Waals surface area contributed by atoms with E-state index in [0.29, 0.717) is 0 Å². The van der Waals surface area contributed by atoms with Crippen molar-refractivity contribution in [2.75, 3.05) is 0 Å². The van der Waals surface area contributed by atoms with Gasteiger partial charge < -0.3 is 0 Å². The molecule has 0 atom stereocenters. The Kier molecular flexibility index (Phi) is 15.4. The van der Waals surface area contributed by atoms with Crippen molar-refractivity contribution in [1.29, 1.82) is 0 Å². The molecule has 2 aromatic heterocycles. The van der Waals surface area contributed by atoms with Crippen LogP contribution in [0, 0.1) is 0 Å². The summed E-state index contributed by atoms with van der Waals surface area (Å²) in [6, 6.07) is 13.8. The molecular formula is C38H56N2S2. The van der Waals surface area contributed by atoms with Crippen LogP contribution >= 0.6 is 22.7 Å². The fraction of sp³-hybridized carbons (Fsp3) is 0.632. The van der Waals surface area contributed by atoms with Crippen LogP contribution in [0.25, 0.3) is 30.4 Å². The molecule has 0 saturated carbocycles. The summed E-state index contributed by atoms with van der Waals surface area (Å²) in [5.74, 6) is 0. The highest BCUT2D eigenvalue weighted by molar-refractivity contribution is 7.27. The Bertz CT molecular complexity index is 1190. The molecule has 0 bridgehead atoms. The average Bonchev–Trinajstić information content (AvgIpc) is 3.63. The molecule has 2 aromatic carbocycles. The molecular weight excluding hydrogens is 549 g/mol. The first-order valence-electron chi connectivity index (χ1n) is 17.6. The molecule has 0 amide bonds. The van der Waals surface area contributed by atoms with Crippen molar-refractivity contribution in [3.63, 3.8) is 0 Å². The van der Waals surface area contributed by atoms with E-state index in [-0.39, 0.29) is 0 Å². The number of hydrogen-bond acceptors (Lipinski definition) is 4. The predicted molar refractivity (Wildman–Crippen MR) is 189 cm³/mol. The lowest BCUT2D eigenvalue weighted by atomic mass is 10.0. The Morgan fingerprint density at radius 3 is 1.12 bits per heavy atom. The fourth-order valence-corrected chi connectivity index (χ4v) is 8.14. The van der Waals surface area contributed by atoms with Crippen molar-refractivity contribution in [2.45, 2.75) is 155 Å². The van der Waals surface area contributed by atoms with Gasteiger partial charge in [-0.3, -0.25) is 0 Å². The maximum atomic E-state index is 4.97. The Hall–Kier alpha value is -1.78. The zero-order valence-corrected chi connectivity index (χ0v) is 28.4. The third-order valence-corrected chi connectivity index (χ3v) is 10.9. The lowest BCUT2D eigenvalue weighted by Gasteiger charge is -2.03. The normalized spacial score (nSPS) is 11.8. The van der Waals surface area contributed by atoms with Gasteiger partial charge in [-0.05, 0) is 61.1 Å². The van der Waals surface area contributed by atoms with E-state index >= 15 is 0 Å². The standard InChI is InChI=1S/C38H56N2S2/c1-3-5-7-9-11-13-15-17-19-21-23-31-25-27-33-35(29-31)41-37(39-33)38-40-34-28-26-32(30-36(34)42-38)24-22-20-18-16-14-12-10-8-6-4-2/h25-30H,3-24H2,1-2H3. The van der Waals surface area contributed by atoms with Gasteiger partial charge in [0.15, 0.2) is 10.0 Å². The second-order valence-electron chi connectivity index (χ2n) is 12.5. The summed E-state index contributed by atoms with van der Waals surface area (Å²) in [4.78, 5) is 9.94. The van der Waals surface area contributed by atoms with E-state index in [0.717, 1.165) is 21.0 Å². The number of fused-ring (bicyclic) bond motifs is 2. The van der Waals surface area contributed by atoms with Gasteiger partial charge in [0.25, 0.3) is 0 Å². The number of thiazole rings is 2. The molecule has 4 aromatic rings. The molecule has 0 aliphatic rings. The van der Waals surface area contributed by atoms with Gasteiger partial charge in [-0.25, -0.2) is 9.97 Å². The smallest absolute Gasteiger partial charge is 0.153 e. The van der Waals surface area contributed by atoms with Gasteiger partial charge in [0.2, 0.25) is 0 Å². The first-order valence-corrected chi connectivity index (χ1v) is 19.2. The van der Waals surface area contributed by atoms with Crippen molar-refractivity contribution >= 4 is 43.1 Å². The Morgan fingerprint density at radius 2 is 0.762 bits per heavy atom. The molecule has 0 N–H and O–H groups in total. The molecule has 4 rings (SSSR count). The maximum Gasteiger partial charge on any atom is 0.153 e. The summed E-state index contributed by atoms with van der Waals surface area (Å²) in [6.45, 7) is 4.59. The van der Waals surface area contributed by atoms with Crippen molar-refractivity contribution in [1.82, 2.24) is 9.97 Å². The molecule has 230 valence electrons. The van der Waals surface area contributed by atoms with Crippen LogP contribution in [0.4, 0.5) is 0 Å². The fourth-order valence-electron chi connectivity index (χ4n) is 6.07. The molecule has 0 unspecified atom stereocenters. The summed E-state index contributed by atoms with van der Waals surface area (Å²) in [6.07, 6.45) is 30.2. The second kappa shape index (κ2) is 19.5. The maximum absolute atomic E-state index is 4.97. The van der Waals surface area contributed by atoms with Gasteiger partial charge >= 0.3 is 0 Å². The highest BCUT2D eigenvalue weighted by Crippen LogP contribution is 2.36. The number of unbranched alkanes of at least 4 members (excludes halogenated alkanes) is 18. The molecule has 0 aliphatic heterocycles. The van der Waals surface area contributed by atoms with Gasteiger partial charge in [-0.2, -0.15) is 0 Å². The number of hydrogen-bond donors (Lipinski definition) is 0. The van der Waals surface area contributed by atoms with Crippen molar-refractivity contribution in [3.05, 3.63) is 47.5 Å². The number of rotatable bonds is 23. The van der Waals surface area contributed by atoms with E-state index in [9.17, 15) is 0 Å². The van der Waals surface area contributed by atoms with E-state index < -0.39 is 0 Å². The van der Waals surface area contributed by atoms with Crippen LogP contribution in [0.3, 0.4) is 0 Å². The summed E-state index contributed by atoms with van der Waals surface area (Å²) >= 11 is 3.62. The van der Waals surface area contributed by atoms with Crippen molar-refractivity contribution in [2.24, 2.45) is 0 Å². The highest BCUT2D eigenvalue weighted by atomic mass is 32.1. The summed E-state index contributed by atoms with van der Waals surface area (Å²) in [5, 5.41) is 2.14. The minimum atomic E-state index is 1.07. The Labute approximate surface area is 264 Å². The number of aryl methyl sites for hydroxylation is 2. The third-order valence-electron chi connectivity index (χ3n) is 8.73. The van der Waals surface area contributed by atoms with Crippen molar-refractivity contribution < 1.29 is 0 Å². The number of nitrogens with zero attached hydrogens (tertiary/aromatic N) is 2. The molecule has 2 heterocycles. The molecule has 0 saturated heterocycles. The third kappa shape index (κ3) is 11.4. The molecule has 2 nitrogen and oxygen atoms in total. The van der Waals surface area contributed by atoms with E-state index in [1.165, 1.54) is 162 Å². The quantitative estimate of drug-likeness (QED) is 0.0787. The van der Waals surface area contributed by atoms with Gasteiger partial charge in [0, 0.05) is 0 Å². The van der Waals surface area contributed by atoms with Crippen LogP contribution in [0.2, 0.25) is 0 Å². The van der Waals surface area contributed by atoms with Gasteiger partial charge in [-0.15, -0.1) is 22.7 Å². The molecule has 42 heavy (non-hydrogen) atoms. The van der Waals surface area contributed by atoms with Gasteiger partial charge in [-0.1, -0.05) is 142 Å². The van der Waals surface area contributed by atoms with Gasteiger partial charge in [0.05, 0.1) is 20.4 Å². The lowest BCUT2D eigenvalue weighted by Crippen LogP contribution is -1.86. The van der Waals surface area contributed by atoms with Crippen LogP contribution < -0.4 is 0 Å². The summed E-state index contributed by atoms with van der Waals surface area (Å²) in [5.41, 5.74) is 5.14. The Balaban J connectivity index is 1.19. The van der Waals surface area contributed by atoms with Gasteiger partial charge in [0.1, 0.15) is 0 Å². The minimum absolute atomic E-state index is 1.07. The lowest BCUT2D eigenvalue weighted by molar-refractivity contribution is 0.556. The minimum Gasteiger partial charge on any atom is -0.233 e. The second-order valence-corrected chi connectivity index (χ2v) is 14.6. The predicted octanol–water partition coefficient (Wildman–Crippen LogP) is 13.5. The molecule has 0 aliphatic carbocycles. The zero-order valence-electron chi connectivity index (χ0n) is 26.7. The molecule has 0 spiro atoms. The topological polar surface area (TPSA) is 25.8 Å². The zero-order chi connectivity index (χ0) is 29.2. The summed E-state index contributed by atoms with van der Waals surface area (Å²) < 4.78 is 2.60. The largest absolute Gasteiger partial charge is 0.233 e. The summed E-state index contributed by atoms with van der Waals surface area (Å²) in [7, 11) is 0. The average molecular weight is 605 g/mol. The monoisotopic (exact) mass is 604 g/mol. The number of benzene rings is 2. The Morgan fingerprint density at radius 1 is 0.429 bits per heavy atom. The van der Waals surface area contributed by atoms with E-state index in [1.807, 2.05) is 22.7 Å². The van der Waals surface area contributed by atoms with Crippen LogP contribution in [0.1, 0.15) is 153 Å². The first kappa shape index (κ1) is 33.1. The van der Waals surface area contributed by atoms with Crippen LogP contribution in [0.15, 0.2) is 36.4 Å². The van der Waals surface area contributed by atoms with Crippen LogP contribution in [0.5, 0.6) is 0 Å². The van der Waals surface area contributed by atoms with Crippen LogP contribution in [-0.4, -0.2) is 9.97 Å². The highest BCUT2D eigenvalue weighted by Gasteiger charge is 2.13. The van der Waals surface area contributed by atoms with E-state index in [1.54, 1.807) is 0 Å². The molecule has 0 fully saturated rings. The van der Waals surface area contributed by atoms with E-state index in [4.69, 9.17) is 9.97 Å². The molecule has 0 radical (unpaired) electrons. The molecule has 4 heteroatoms. The van der Waals surface area contributed by atoms with Crippen LogP contribution in [-0.2, 0) is 12.8 Å². The number of aromatic nitrogens is 2. The van der Waals surface area contributed by atoms with E-state index in [2.05, 4.69) is 50.2 Å². The first-order chi connectivity index (χ1) is 20.8. The van der Waals surface area contributed by atoms with Crippen molar-refractivity contribution in [3.8, 4) is 10.0 Å². The SMILES string of the molecule is CCCCCCCCCCCCc1ccc2nc(-c3nc4ccc(CCCCCCCCCCCC)cc4s3)sc2c1.